The number of anilines is 1. The molecule has 0 radical (unpaired) electrons. The first-order chi connectivity index (χ1) is 6.66. The second-order valence-electron chi connectivity index (χ2n) is 3.10. The van der Waals surface area contributed by atoms with Gasteiger partial charge in [-0.15, -0.1) is 11.3 Å². The predicted molar refractivity (Wildman–Crippen MR) is 62.5 cm³/mol. The van der Waals surface area contributed by atoms with Gasteiger partial charge in [-0.05, 0) is 39.9 Å². The minimum Gasteiger partial charge on any atom is -0.369 e. The molecule has 0 unspecified atom stereocenters. The summed E-state index contributed by atoms with van der Waals surface area (Å²) in [5.74, 6) is 0.574. The molecule has 2 aromatic rings. The van der Waals surface area contributed by atoms with Gasteiger partial charge in [-0.3, -0.25) is 0 Å². The molecule has 0 aliphatic heterocycles. The number of thiophene rings is 1. The lowest BCUT2D eigenvalue weighted by Crippen LogP contribution is -2.05. The van der Waals surface area contributed by atoms with Gasteiger partial charge in [-0.2, -0.15) is 0 Å². The van der Waals surface area contributed by atoms with E-state index in [4.69, 9.17) is 5.73 Å². The van der Waals surface area contributed by atoms with Gasteiger partial charge in [-0.1, -0.05) is 0 Å². The first-order valence-electron chi connectivity index (χ1n) is 4.17. The number of imidazole rings is 1. The summed E-state index contributed by atoms with van der Waals surface area (Å²) >= 11 is 5.12. The van der Waals surface area contributed by atoms with Crippen molar-refractivity contribution in [2.75, 3.05) is 5.73 Å². The Bertz CT molecular complexity index is 427. The molecule has 0 amide bonds. The number of aromatic nitrogens is 2. The third-order valence-electron chi connectivity index (χ3n) is 2.05. The van der Waals surface area contributed by atoms with Crippen LogP contribution in [0.2, 0.25) is 0 Å². The Morgan fingerprint density at radius 2 is 2.43 bits per heavy atom. The Balaban J connectivity index is 2.26. The van der Waals surface area contributed by atoms with Crippen LogP contribution < -0.4 is 5.73 Å². The zero-order chi connectivity index (χ0) is 10.1. The van der Waals surface area contributed by atoms with Crippen molar-refractivity contribution in [3.05, 3.63) is 32.7 Å². The van der Waals surface area contributed by atoms with Gasteiger partial charge in [0.25, 0.3) is 0 Å². The molecule has 0 bridgehead atoms. The van der Waals surface area contributed by atoms with E-state index in [1.807, 2.05) is 11.5 Å². The standard InChI is InChI=1S/C9H10BrN3S/c1-6-3-12-9(11)13(6)4-7-2-8(10)14-5-7/h2-3,5H,4H2,1H3,(H2,11,12). The highest BCUT2D eigenvalue weighted by Crippen LogP contribution is 2.22. The van der Waals surface area contributed by atoms with Crippen LogP contribution in [0.3, 0.4) is 0 Å². The van der Waals surface area contributed by atoms with Gasteiger partial charge in [0.1, 0.15) is 0 Å². The Hall–Kier alpha value is -0.810. The summed E-state index contributed by atoms with van der Waals surface area (Å²) in [4.78, 5) is 4.05. The fourth-order valence-electron chi connectivity index (χ4n) is 1.30. The SMILES string of the molecule is Cc1cnc(N)n1Cc1csc(Br)c1. The van der Waals surface area contributed by atoms with Crippen LogP contribution in [0, 0.1) is 6.92 Å². The van der Waals surface area contributed by atoms with Gasteiger partial charge in [0, 0.05) is 5.69 Å². The average Bonchev–Trinajstić information content (AvgIpc) is 2.67. The van der Waals surface area contributed by atoms with Gasteiger partial charge in [-0.25, -0.2) is 4.98 Å². The molecule has 0 spiro atoms. The molecule has 2 rings (SSSR count). The van der Waals surface area contributed by atoms with Gasteiger partial charge in [0.15, 0.2) is 0 Å². The Kier molecular flexibility index (Phi) is 2.60. The summed E-state index contributed by atoms with van der Waals surface area (Å²) in [6, 6.07) is 2.10. The molecule has 0 fully saturated rings. The first-order valence-corrected chi connectivity index (χ1v) is 5.84. The van der Waals surface area contributed by atoms with E-state index in [-0.39, 0.29) is 0 Å². The fourth-order valence-corrected chi connectivity index (χ4v) is 2.50. The molecule has 5 heteroatoms. The van der Waals surface area contributed by atoms with Crippen LogP contribution in [0.25, 0.3) is 0 Å². The van der Waals surface area contributed by atoms with Crippen LogP contribution in [0.1, 0.15) is 11.3 Å². The van der Waals surface area contributed by atoms with Crippen LogP contribution in [-0.4, -0.2) is 9.55 Å². The Labute approximate surface area is 94.7 Å². The number of hydrogen-bond acceptors (Lipinski definition) is 3. The molecule has 2 N–H and O–H groups in total. The smallest absolute Gasteiger partial charge is 0.200 e. The molecule has 0 aliphatic rings. The molecule has 0 saturated heterocycles. The number of nitrogens with zero attached hydrogens (tertiary/aromatic N) is 2. The van der Waals surface area contributed by atoms with Gasteiger partial charge in [0.2, 0.25) is 5.95 Å². The maximum absolute atomic E-state index is 5.74. The topological polar surface area (TPSA) is 43.8 Å². The summed E-state index contributed by atoms with van der Waals surface area (Å²) in [5.41, 5.74) is 8.07. The van der Waals surface area contributed by atoms with Gasteiger partial charge >= 0.3 is 0 Å². The van der Waals surface area contributed by atoms with Crippen LogP contribution >= 0.6 is 27.3 Å². The second kappa shape index (κ2) is 3.74. The molecule has 0 aliphatic carbocycles. The summed E-state index contributed by atoms with van der Waals surface area (Å²) in [6.07, 6.45) is 1.79. The minimum atomic E-state index is 0.574. The molecule has 0 aromatic carbocycles. The van der Waals surface area contributed by atoms with E-state index in [0.717, 1.165) is 16.0 Å². The number of nitrogens with two attached hydrogens (primary N) is 1. The molecular formula is C9H10BrN3S. The first kappa shape index (κ1) is 9.73. The number of rotatable bonds is 2. The third kappa shape index (κ3) is 1.83. The van der Waals surface area contributed by atoms with Crippen molar-refractivity contribution in [3.63, 3.8) is 0 Å². The monoisotopic (exact) mass is 271 g/mol. The number of nitrogen functional groups attached to an aromatic ring is 1. The van der Waals surface area contributed by atoms with Crippen molar-refractivity contribution in [2.24, 2.45) is 0 Å². The third-order valence-corrected chi connectivity index (χ3v) is 3.60. The molecule has 0 atom stereocenters. The number of aryl methyl sites for hydroxylation is 1. The molecular weight excluding hydrogens is 262 g/mol. The lowest BCUT2D eigenvalue weighted by atomic mass is 10.3. The lowest BCUT2D eigenvalue weighted by Gasteiger charge is -2.04. The summed E-state index contributed by atoms with van der Waals surface area (Å²) in [7, 11) is 0. The van der Waals surface area contributed by atoms with Gasteiger partial charge < -0.3 is 10.3 Å². The molecule has 0 saturated carbocycles. The van der Waals surface area contributed by atoms with Crippen molar-refractivity contribution in [1.29, 1.82) is 0 Å². The molecule has 74 valence electrons. The fraction of sp³-hybridized carbons (Fsp3) is 0.222. The minimum absolute atomic E-state index is 0.574. The Morgan fingerprint density at radius 3 is 2.93 bits per heavy atom. The van der Waals surface area contributed by atoms with Crippen LogP contribution in [0.4, 0.5) is 5.95 Å². The second-order valence-corrected chi connectivity index (χ2v) is 5.39. The van der Waals surface area contributed by atoms with Crippen molar-refractivity contribution in [3.8, 4) is 0 Å². The normalized spacial score (nSPS) is 10.7. The zero-order valence-corrected chi connectivity index (χ0v) is 10.1. The summed E-state index contributed by atoms with van der Waals surface area (Å²) < 4.78 is 3.14. The van der Waals surface area contributed by atoms with E-state index in [1.54, 1.807) is 17.5 Å². The largest absolute Gasteiger partial charge is 0.369 e. The highest BCUT2D eigenvalue weighted by Gasteiger charge is 2.05. The number of halogens is 1. The Morgan fingerprint density at radius 1 is 1.64 bits per heavy atom. The molecule has 3 nitrogen and oxygen atoms in total. The maximum atomic E-state index is 5.74. The van der Waals surface area contributed by atoms with Crippen molar-refractivity contribution in [2.45, 2.75) is 13.5 Å². The van der Waals surface area contributed by atoms with E-state index in [2.05, 4.69) is 32.4 Å². The van der Waals surface area contributed by atoms with Crippen molar-refractivity contribution >= 4 is 33.2 Å². The highest BCUT2D eigenvalue weighted by atomic mass is 79.9. The van der Waals surface area contributed by atoms with Crippen LogP contribution in [-0.2, 0) is 6.54 Å². The van der Waals surface area contributed by atoms with E-state index in [1.165, 1.54) is 5.56 Å². The molecule has 14 heavy (non-hydrogen) atoms. The van der Waals surface area contributed by atoms with Crippen molar-refractivity contribution in [1.82, 2.24) is 9.55 Å². The van der Waals surface area contributed by atoms with Crippen LogP contribution in [0.5, 0.6) is 0 Å². The summed E-state index contributed by atoms with van der Waals surface area (Å²) in [6.45, 7) is 2.80. The van der Waals surface area contributed by atoms with E-state index in [9.17, 15) is 0 Å². The lowest BCUT2D eigenvalue weighted by molar-refractivity contribution is 0.785. The van der Waals surface area contributed by atoms with E-state index >= 15 is 0 Å². The molecule has 2 heterocycles. The predicted octanol–water partition coefficient (Wildman–Crippen LogP) is 2.65. The van der Waals surface area contributed by atoms with Crippen LogP contribution in [0.15, 0.2) is 21.4 Å². The van der Waals surface area contributed by atoms with Crippen molar-refractivity contribution < 1.29 is 0 Å². The maximum Gasteiger partial charge on any atom is 0.200 e. The van der Waals surface area contributed by atoms with Gasteiger partial charge in [0.05, 0.1) is 16.5 Å². The average molecular weight is 272 g/mol. The van der Waals surface area contributed by atoms with E-state index < -0.39 is 0 Å². The highest BCUT2D eigenvalue weighted by molar-refractivity contribution is 9.11. The quantitative estimate of drug-likeness (QED) is 0.913. The van der Waals surface area contributed by atoms with E-state index in [0.29, 0.717) is 5.95 Å². The summed E-state index contributed by atoms with van der Waals surface area (Å²) in [5, 5.41) is 2.11. The molecule has 2 aromatic heterocycles. The number of hydrogen-bond donors (Lipinski definition) is 1. The zero-order valence-electron chi connectivity index (χ0n) is 7.70.